The molecule has 0 aliphatic rings. The molecule has 0 aliphatic carbocycles. The second kappa shape index (κ2) is 6.72. The number of nitrogens with one attached hydrogen (secondary N) is 1. The average Bonchev–Trinajstić information content (AvgIpc) is 3.15. The van der Waals surface area contributed by atoms with Crippen LogP contribution in [0.3, 0.4) is 0 Å². The molecular formula is C17H20N4O3S. The minimum Gasteiger partial charge on any atom is -0.497 e. The van der Waals surface area contributed by atoms with E-state index in [2.05, 4.69) is 29.4 Å². The van der Waals surface area contributed by atoms with Gasteiger partial charge in [0.1, 0.15) is 22.2 Å². The maximum absolute atomic E-state index is 12.8. The summed E-state index contributed by atoms with van der Waals surface area (Å²) in [5.41, 5.74) is 1.42. The number of carbonyl (C=O) groups is 1. The smallest absolute Gasteiger partial charge is 0.267 e. The number of nitrogens with zero attached hydrogens (tertiary/aromatic N) is 3. The number of methoxy groups -OCH3 is 2. The predicted molar refractivity (Wildman–Crippen MR) is 97.2 cm³/mol. The first-order chi connectivity index (χ1) is 12.0. The van der Waals surface area contributed by atoms with Crippen LogP contribution in [-0.2, 0) is 0 Å². The van der Waals surface area contributed by atoms with Gasteiger partial charge in [0.25, 0.3) is 5.91 Å². The van der Waals surface area contributed by atoms with E-state index < -0.39 is 0 Å². The van der Waals surface area contributed by atoms with Crippen molar-refractivity contribution in [1.82, 2.24) is 14.6 Å². The fraction of sp³-hybridized carbons (Fsp3) is 0.353. The number of rotatable bonds is 5. The van der Waals surface area contributed by atoms with Crippen molar-refractivity contribution < 1.29 is 14.3 Å². The summed E-state index contributed by atoms with van der Waals surface area (Å²) < 4.78 is 12.4. The van der Waals surface area contributed by atoms with E-state index in [1.54, 1.807) is 32.4 Å². The molecule has 3 rings (SSSR count). The van der Waals surface area contributed by atoms with Crippen LogP contribution in [0.25, 0.3) is 4.96 Å². The molecule has 1 aromatic carbocycles. The number of thiazole rings is 1. The molecule has 3 aromatic rings. The number of aryl methyl sites for hydroxylation is 1. The monoisotopic (exact) mass is 360 g/mol. The molecular weight excluding hydrogens is 340 g/mol. The van der Waals surface area contributed by atoms with E-state index in [0.717, 1.165) is 11.5 Å². The molecule has 1 amide bonds. The molecule has 0 fully saturated rings. The second-order valence-corrected chi connectivity index (χ2v) is 6.85. The van der Waals surface area contributed by atoms with Crippen molar-refractivity contribution in [3.05, 3.63) is 34.6 Å². The predicted octanol–water partition coefficient (Wildman–Crippen LogP) is 3.49. The van der Waals surface area contributed by atoms with Crippen LogP contribution in [-0.4, -0.2) is 34.7 Å². The van der Waals surface area contributed by atoms with Gasteiger partial charge in [-0.3, -0.25) is 9.20 Å². The molecule has 0 unspecified atom stereocenters. The number of anilines is 1. The van der Waals surface area contributed by atoms with Crippen LogP contribution in [0.1, 0.15) is 41.0 Å². The number of ether oxygens (including phenoxy) is 2. The molecule has 8 heteroatoms. The number of aromatic nitrogens is 3. The summed E-state index contributed by atoms with van der Waals surface area (Å²) in [7, 11) is 3.13. The maximum atomic E-state index is 12.8. The number of amides is 1. The van der Waals surface area contributed by atoms with E-state index in [1.807, 2.05) is 11.3 Å². The Morgan fingerprint density at radius 1 is 1.24 bits per heavy atom. The molecule has 0 aliphatic heterocycles. The molecule has 0 bridgehead atoms. The Balaban J connectivity index is 1.94. The molecule has 0 saturated heterocycles. The SMILES string of the molecule is COc1ccc(NC(=O)c2sc3nnc(C(C)C)n3c2C)c(OC)c1. The summed E-state index contributed by atoms with van der Waals surface area (Å²) in [6, 6.07) is 5.25. The fourth-order valence-electron chi connectivity index (χ4n) is 2.59. The highest BCUT2D eigenvalue weighted by atomic mass is 32.1. The van der Waals surface area contributed by atoms with E-state index in [-0.39, 0.29) is 11.8 Å². The van der Waals surface area contributed by atoms with Crippen LogP contribution in [0, 0.1) is 6.92 Å². The summed E-state index contributed by atoms with van der Waals surface area (Å²) in [4.78, 5) is 14.1. The van der Waals surface area contributed by atoms with Crippen LogP contribution >= 0.6 is 11.3 Å². The van der Waals surface area contributed by atoms with Crippen molar-refractivity contribution in [2.24, 2.45) is 0 Å². The van der Waals surface area contributed by atoms with Gasteiger partial charge in [-0.25, -0.2) is 0 Å². The largest absolute Gasteiger partial charge is 0.497 e. The standard InChI is InChI=1S/C17H20N4O3S/c1-9(2)15-19-20-17-21(15)10(3)14(25-17)16(22)18-12-7-6-11(23-4)8-13(12)24-5/h6-9H,1-5H3,(H,18,22). The van der Waals surface area contributed by atoms with Gasteiger partial charge in [0.15, 0.2) is 0 Å². The molecule has 25 heavy (non-hydrogen) atoms. The van der Waals surface area contributed by atoms with Crippen LogP contribution in [0.5, 0.6) is 11.5 Å². The number of benzene rings is 1. The Labute approximate surface area is 149 Å². The molecule has 132 valence electrons. The number of carbonyl (C=O) groups excluding carboxylic acids is 1. The molecule has 0 spiro atoms. The molecule has 0 atom stereocenters. The van der Waals surface area contributed by atoms with E-state index >= 15 is 0 Å². The summed E-state index contributed by atoms with van der Waals surface area (Å²) >= 11 is 1.32. The zero-order valence-electron chi connectivity index (χ0n) is 14.8. The van der Waals surface area contributed by atoms with E-state index in [4.69, 9.17) is 9.47 Å². The third kappa shape index (κ3) is 3.05. The van der Waals surface area contributed by atoms with Crippen molar-refractivity contribution in [2.75, 3.05) is 19.5 Å². The second-order valence-electron chi connectivity index (χ2n) is 5.87. The van der Waals surface area contributed by atoms with Crippen LogP contribution in [0.4, 0.5) is 5.69 Å². The average molecular weight is 360 g/mol. The van der Waals surface area contributed by atoms with E-state index in [9.17, 15) is 4.79 Å². The lowest BCUT2D eigenvalue weighted by molar-refractivity contribution is 0.102. The third-order valence-corrected chi connectivity index (χ3v) is 5.03. The zero-order valence-corrected chi connectivity index (χ0v) is 15.6. The first kappa shape index (κ1) is 17.2. The van der Waals surface area contributed by atoms with Gasteiger partial charge >= 0.3 is 0 Å². The highest BCUT2D eigenvalue weighted by Crippen LogP contribution is 2.31. The van der Waals surface area contributed by atoms with Crippen LogP contribution < -0.4 is 14.8 Å². The molecule has 0 saturated carbocycles. The van der Waals surface area contributed by atoms with Crippen molar-refractivity contribution in [2.45, 2.75) is 26.7 Å². The van der Waals surface area contributed by atoms with Gasteiger partial charge in [-0.1, -0.05) is 25.2 Å². The van der Waals surface area contributed by atoms with Crippen LogP contribution in [0.15, 0.2) is 18.2 Å². The molecule has 2 aromatic heterocycles. The summed E-state index contributed by atoms with van der Waals surface area (Å²) in [6.07, 6.45) is 0. The van der Waals surface area contributed by atoms with E-state index in [1.165, 1.54) is 11.3 Å². The fourth-order valence-corrected chi connectivity index (χ4v) is 3.56. The molecule has 1 N–H and O–H groups in total. The lowest BCUT2D eigenvalue weighted by Gasteiger charge is -2.11. The van der Waals surface area contributed by atoms with Gasteiger partial charge in [-0.15, -0.1) is 10.2 Å². The summed E-state index contributed by atoms with van der Waals surface area (Å²) in [5, 5.41) is 11.3. The van der Waals surface area contributed by atoms with Gasteiger partial charge in [0, 0.05) is 17.7 Å². The number of hydrogen-bond acceptors (Lipinski definition) is 6. The minimum atomic E-state index is -0.203. The van der Waals surface area contributed by atoms with Crippen molar-refractivity contribution in [3.63, 3.8) is 0 Å². The summed E-state index contributed by atoms with van der Waals surface area (Å²) in [5.74, 6) is 2.07. The van der Waals surface area contributed by atoms with Crippen LogP contribution in [0.2, 0.25) is 0 Å². The summed E-state index contributed by atoms with van der Waals surface area (Å²) in [6.45, 7) is 6.00. The minimum absolute atomic E-state index is 0.203. The first-order valence-corrected chi connectivity index (χ1v) is 8.65. The number of fused-ring (bicyclic) bond motifs is 1. The zero-order chi connectivity index (χ0) is 18.1. The Morgan fingerprint density at radius 2 is 2.00 bits per heavy atom. The maximum Gasteiger partial charge on any atom is 0.267 e. The quantitative estimate of drug-likeness (QED) is 0.753. The molecule has 7 nitrogen and oxygen atoms in total. The third-order valence-electron chi connectivity index (χ3n) is 3.90. The topological polar surface area (TPSA) is 77.8 Å². The number of hydrogen-bond donors (Lipinski definition) is 1. The van der Waals surface area contributed by atoms with Gasteiger partial charge in [-0.2, -0.15) is 0 Å². The van der Waals surface area contributed by atoms with Gasteiger partial charge < -0.3 is 14.8 Å². The van der Waals surface area contributed by atoms with Crippen molar-refractivity contribution in [1.29, 1.82) is 0 Å². The lowest BCUT2D eigenvalue weighted by Crippen LogP contribution is -2.13. The Bertz CT molecular complexity index is 930. The normalized spacial score (nSPS) is 11.1. The Hall–Kier alpha value is -2.61. The van der Waals surface area contributed by atoms with Crippen molar-refractivity contribution >= 4 is 27.9 Å². The Morgan fingerprint density at radius 3 is 2.64 bits per heavy atom. The van der Waals surface area contributed by atoms with Gasteiger partial charge in [0.05, 0.1) is 19.9 Å². The highest BCUT2D eigenvalue weighted by molar-refractivity contribution is 7.19. The van der Waals surface area contributed by atoms with Gasteiger partial charge in [0.2, 0.25) is 4.96 Å². The Kier molecular flexibility index (Phi) is 4.63. The first-order valence-electron chi connectivity index (χ1n) is 7.84. The highest BCUT2D eigenvalue weighted by Gasteiger charge is 2.21. The molecule has 2 heterocycles. The van der Waals surface area contributed by atoms with Gasteiger partial charge in [-0.05, 0) is 19.1 Å². The molecule has 0 radical (unpaired) electrons. The van der Waals surface area contributed by atoms with Crippen molar-refractivity contribution in [3.8, 4) is 11.5 Å². The van der Waals surface area contributed by atoms with E-state index in [0.29, 0.717) is 27.0 Å². The lowest BCUT2D eigenvalue weighted by atomic mass is 10.2.